The lowest BCUT2D eigenvalue weighted by molar-refractivity contribution is -0.137. The van der Waals surface area contributed by atoms with Crippen molar-refractivity contribution in [2.45, 2.75) is 52.1 Å². The van der Waals surface area contributed by atoms with Crippen molar-refractivity contribution in [1.29, 1.82) is 0 Å². The van der Waals surface area contributed by atoms with Gasteiger partial charge in [0.15, 0.2) is 0 Å². The minimum absolute atomic E-state index is 0.0729. The fraction of sp³-hybridized carbons (Fsp3) is 0.407. The summed E-state index contributed by atoms with van der Waals surface area (Å²) in [5.74, 6) is -0.480. The number of rotatable bonds is 7. The van der Waals surface area contributed by atoms with Crippen LogP contribution in [-0.4, -0.2) is 59.8 Å². The summed E-state index contributed by atoms with van der Waals surface area (Å²) in [6.07, 6.45) is -1.49. The largest absolute Gasteiger partial charge is 0.444 e. The molecule has 0 saturated carbocycles. The number of carbonyl (C=O) groups excluding carboxylic acids is 1. The van der Waals surface area contributed by atoms with Crippen molar-refractivity contribution in [3.05, 3.63) is 65.0 Å². The van der Waals surface area contributed by atoms with E-state index < -0.39 is 39.3 Å². The van der Waals surface area contributed by atoms with E-state index in [0.717, 1.165) is 21.7 Å². The Labute approximate surface area is 242 Å². The highest BCUT2D eigenvalue weighted by Gasteiger charge is 2.35. The van der Waals surface area contributed by atoms with E-state index >= 15 is 0 Å². The molecule has 0 atom stereocenters. The molecule has 1 aromatic carbocycles. The number of nitrogens with one attached hydrogen (secondary N) is 2. The number of benzene rings is 1. The van der Waals surface area contributed by atoms with Crippen molar-refractivity contribution < 1.29 is 31.1 Å². The molecule has 0 unspecified atom stereocenters. The molecule has 0 spiro atoms. The fourth-order valence-electron chi connectivity index (χ4n) is 4.21. The lowest BCUT2D eigenvalue weighted by atomic mass is 9.99. The average molecular weight is 608 g/mol. The second kappa shape index (κ2) is 11.6. The summed E-state index contributed by atoms with van der Waals surface area (Å²) in [7, 11) is -2.35. The third-order valence-corrected chi connectivity index (χ3v) is 7.50. The summed E-state index contributed by atoms with van der Waals surface area (Å²) < 4.78 is 71.8. The zero-order chi connectivity index (χ0) is 30.9. The lowest BCUT2D eigenvalue weighted by Crippen LogP contribution is -2.39. The summed E-state index contributed by atoms with van der Waals surface area (Å²) >= 11 is 0. The van der Waals surface area contributed by atoms with Gasteiger partial charge in [-0.3, -0.25) is 4.31 Å². The van der Waals surface area contributed by atoms with E-state index in [2.05, 4.69) is 25.6 Å². The minimum atomic E-state index is -4.74. The number of pyridine rings is 1. The second-order valence-electron chi connectivity index (χ2n) is 10.8. The van der Waals surface area contributed by atoms with Gasteiger partial charge >= 0.3 is 12.3 Å². The summed E-state index contributed by atoms with van der Waals surface area (Å²) in [5, 5.41) is 5.62. The SMILES string of the molecule is CN(c1ncccc1CNc1nc(Nc2ccc3c(c2)CCN(C(=O)OC(C)(C)C)C3)ncc1C(F)(F)F)S(C)(=O)=O. The number of ether oxygens (including phenoxy) is 1. The monoisotopic (exact) mass is 607 g/mol. The molecule has 1 aliphatic rings. The van der Waals surface area contributed by atoms with Crippen molar-refractivity contribution in [3.8, 4) is 0 Å². The number of amides is 1. The van der Waals surface area contributed by atoms with E-state index in [4.69, 9.17) is 4.74 Å². The molecule has 42 heavy (non-hydrogen) atoms. The first-order chi connectivity index (χ1) is 19.5. The number of hydrogen-bond acceptors (Lipinski definition) is 9. The molecule has 2 aromatic heterocycles. The van der Waals surface area contributed by atoms with Crippen molar-refractivity contribution in [1.82, 2.24) is 19.9 Å². The normalized spacial score (nSPS) is 13.8. The number of hydrogen-bond donors (Lipinski definition) is 2. The summed E-state index contributed by atoms with van der Waals surface area (Å²) in [5.41, 5.74) is 1.13. The van der Waals surface area contributed by atoms with Crippen molar-refractivity contribution >= 4 is 39.4 Å². The third kappa shape index (κ3) is 7.57. The van der Waals surface area contributed by atoms with Gasteiger partial charge in [-0.05, 0) is 56.5 Å². The Kier molecular flexibility index (Phi) is 8.53. The first-order valence-electron chi connectivity index (χ1n) is 12.9. The maximum absolute atomic E-state index is 13.8. The van der Waals surface area contributed by atoms with Gasteiger partial charge in [0, 0.05) is 50.3 Å². The van der Waals surface area contributed by atoms with Crippen LogP contribution in [0.3, 0.4) is 0 Å². The van der Waals surface area contributed by atoms with Crippen LogP contribution in [0.5, 0.6) is 0 Å². The van der Waals surface area contributed by atoms with Crippen LogP contribution < -0.4 is 14.9 Å². The van der Waals surface area contributed by atoms with Crippen molar-refractivity contribution in [2.24, 2.45) is 0 Å². The Morgan fingerprint density at radius 3 is 2.55 bits per heavy atom. The molecule has 3 aromatic rings. The quantitative estimate of drug-likeness (QED) is 0.384. The molecule has 0 saturated heterocycles. The van der Waals surface area contributed by atoms with Gasteiger partial charge < -0.3 is 20.3 Å². The fourth-order valence-corrected chi connectivity index (χ4v) is 4.69. The Bertz CT molecular complexity index is 1580. The molecule has 11 nitrogen and oxygen atoms in total. The topological polar surface area (TPSA) is 130 Å². The van der Waals surface area contributed by atoms with Crippen LogP contribution in [0.4, 0.5) is 41.2 Å². The highest BCUT2D eigenvalue weighted by Crippen LogP contribution is 2.35. The van der Waals surface area contributed by atoms with Gasteiger partial charge in [0.2, 0.25) is 16.0 Å². The standard InChI is InChI=1S/C27H32F3N7O4S/c1-26(2,3)41-25(38)37-12-10-17-13-20(9-8-19(17)16-37)34-24-33-15-21(27(28,29)30)22(35-24)32-14-18-7-6-11-31-23(18)36(4)42(5,39)40/h6-9,11,13,15H,10,12,14,16H2,1-5H3,(H2,32,33,34,35). The molecule has 3 heterocycles. The second-order valence-corrected chi connectivity index (χ2v) is 12.8. The maximum atomic E-state index is 13.8. The van der Waals surface area contributed by atoms with Gasteiger partial charge in [-0.2, -0.15) is 18.2 Å². The molecule has 2 N–H and O–H groups in total. The van der Waals surface area contributed by atoms with E-state index in [1.165, 1.54) is 13.2 Å². The average Bonchev–Trinajstić information content (AvgIpc) is 2.89. The number of carbonyl (C=O) groups is 1. The predicted octanol–water partition coefficient (Wildman–Crippen LogP) is 4.94. The van der Waals surface area contributed by atoms with Crippen LogP contribution in [0.2, 0.25) is 0 Å². The molecule has 1 amide bonds. The van der Waals surface area contributed by atoms with E-state index in [-0.39, 0.29) is 18.3 Å². The molecule has 0 fully saturated rings. The Balaban J connectivity index is 1.53. The van der Waals surface area contributed by atoms with E-state index in [9.17, 15) is 26.4 Å². The number of alkyl halides is 3. The minimum Gasteiger partial charge on any atom is -0.444 e. The predicted molar refractivity (Wildman–Crippen MR) is 152 cm³/mol. The van der Waals surface area contributed by atoms with E-state index in [0.29, 0.717) is 37.0 Å². The summed E-state index contributed by atoms with van der Waals surface area (Å²) in [4.78, 5) is 26.1. The van der Waals surface area contributed by atoms with Crippen LogP contribution in [-0.2, 0) is 40.4 Å². The van der Waals surface area contributed by atoms with Crippen molar-refractivity contribution in [2.75, 3.05) is 34.8 Å². The molecule has 15 heteroatoms. The number of fused-ring (bicyclic) bond motifs is 1. The number of aromatic nitrogens is 3. The summed E-state index contributed by atoms with van der Waals surface area (Å²) in [6, 6.07) is 8.52. The molecule has 0 aliphatic carbocycles. The van der Waals surface area contributed by atoms with Gasteiger partial charge in [-0.1, -0.05) is 12.1 Å². The van der Waals surface area contributed by atoms with Gasteiger partial charge in [-0.15, -0.1) is 0 Å². The molecule has 4 rings (SSSR count). The van der Waals surface area contributed by atoms with Crippen LogP contribution in [0.1, 0.15) is 43.0 Å². The first-order valence-corrected chi connectivity index (χ1v) is 14.8. The van der Waals surface area contributed by atoms with Crippen LogP contribution in [0.25, 0.3) is 0 Å². The van der Waals surface area contributed by atoms with Gasteiger partial charge in [0.05, 0.1) is 6.26 Å². The summed E-state index contributed by atoms with van der Waals surface area (Å²) in [6.45, 7) is 6.06. The van der Waals surface area contributed by atoms with Crippen LogP contribution in [0, 0.1) is 0 Å². The highest BCUT2D eigenvalue weighted by molar-refractivity contribution is 7.92. The molecular formula is C27H32F3N7O4S. The van der Waals surface area contributed by atoms with Gasteiger partial charge in [0.1, 0.15) is 22.8 Å². The van der Waals surface area contributed by atoms with E-state index in [1.54, 1.807) is 43.9 Å². The molecule has 1 aliphatic heterocycles. The van der Waals surface area contributed by atoms with Crippen molar-refractivity contribution in [3.63, 3.8) is 0 Å². The number of halogens is 3. The Morgan fingerprint density at radius 2 is 1.88 bits per heavy atom. The Morgan fingerprint density at radius 1 is 1.14 bits per heavy atom. The smallest absolute Gasteiger partial charge is 0.421 e. The molecule has 0 radical (unpaired) electrons. The van der Waals surface area contributed by atoms with Gasteiger partial charge in [-0.25, -0.2) is 23.2 Å². The van der Waals surface area contributed by atoms with Crippen LogP contribution in [0.15, 0.2) is 42.7 Å². The van der Waals surface area contributed by atoms with Crippen LogP contribution >= 0.6 is 0 Å². The molecule has 226 valence electrons. The lowest BCUT2D eigenvalue weighted by Gasteiger charge is -2.31. The maximum Gasteiger partial charge on any atom is 0.421 e. The third-order valence-electron chi connectivity index (χ3n) is 6.33. The zero-order valence-electron chi connectivity index (χ0n) is 23.8. The number of anilines is 4. The molecular weight excluding hydrogens is 575 g/mol. The Hall–Kier alpha value is -4.14. The number of nitrogens with zero attached hydrogens (tertiary/aromatic N) is 5. The first kappa shape index (κ1) is 30.8. The highest BCUT2D eigenvalue weighted by atomic mass is 32.2. The number of sulfonamides is 1. The van der Waals surface area contributed by atoms with E-state index in [1.807, 2.05) is 12.1 Å². The van der Waals surface area contributed by atoms with Gasteiger partial charge in [0.25, 0.3) is 0 Å². The molecule has 0 bridgehead atoms. The zero-order valence-corrected chi connectivity index (χ0v) is 24.6.